The van der Waals surface area contributed by atoms with Crippen molar-refractivity contribution in [2.45, 2.75) is 26.8 Å². The van der Waals surface area contributed by atoms with Crippen molar-refractivity contribution in [1.82, 2.24) is 4.98 Å². The number of oxazole rings is 1. The molecular formula is C15H17N3OS. The second kappa shape index (κ2) is 4.83. The lowest BCUT2D eigenvalue weighted by Crippen LogP contribution is -2.06. The number of nitrogens with two attached hydrogens (primary N) is 1. The van der Waals surface area contributed by atoms with E-state index in [9.17, 15) is 0 Å². The lowest BCUT2D eigenvalue weighted by Gasteiger charge is -2.11. The predicted octanol–water partition coefficient (Wildman–Crippen LogP) is 4.26. The first-order valence-electron chi connectivity index (χ1n) is 6.53. The van der Waals surface area contributed by atoms with Crippen LogP contribution in [0, 0.1) is 13.8 Å². The lowest BCUT2D eigenvalue weighted by atomic mass is 10.1. The number of thiophene rings is 1. The van der Waals surface area contributed by atoms with Crippen LogP contribution in [0.2, 0.25) is 0 Å². The zero-order valence-corrected chi connectivity index (χ0v) is 12.5. The van der Waals surface area contributed by atoms with Crippen molar-refractivity contribution in [1.29, 1.82) is 0 Å². The summed E-state index contributed by atoms with van der Waals surface area (Å²) < 4.78 is 5.69. The van der Waals surface area contributed by atoms with Crippen LogP contribution in [0.5, 0.6) is 0 Å². The summed E-state index contributed by atoms with van der Waals surface area (Å²) in [5.41, 5.74) is 9.22. The molecule has 0 aliphatic rings. The maximum Gasteiger partial charge on any atom is 0.296 e. The minimum absolute atomic E-state index is 0.147. The molecule has 1 unspecified atom stereocenters. The Balaban J connectivity index is 1.89. The Morgan fingerprint density at radius 1 is 1.35 bits per heavy atom. The van der Waals surface area contributed by atoms with Crippen LogP contribution in [0.1, 0.15) is 28.3 Å². The van der Waals surface area contributed by atoms with Gasteiger partial charge in [-0.05, 0) is 44.5 Å². The highest BCUT2D eigenvalue weighted by molar-refractivity contribution is 7.12. The summed E-state index contributed by atoms with van der Waals surface area (Å²) in [5.74, 6) is 0. The van der Waals surface area contributed by atoms with E-state index in [1.54, 1.807) is 11.3 Å². The molecule has 0 saturated heterocycles. The van der Waals surface area contributed by atoms with Crippen LogP contribution in [-0.2, 0) is 0 Å². The molecule has 3 aromatic rings. The molecule has 1 atom stereocenters. The van der Waals surface area contributed by atoms with E-state index in [-0.39, 0.29) is 6.04 Å². The molecule has 0 aliphatic heterocycles. The van der Waals surface area contributed by atoms with Gasteiger partial charge >= 0.3 is 0 Å². The number of hydrogen-bond donors (Lipinski definition) is 2. The highest BCUT2D eigenvalue weighted by atomic mass is 32.1. The van der Waals surface area contributed by atoms with Gasteiger partial charge in [-0.25, -0.2) is 0 Å². The third kappa shape index (κ3) is 2.25. The Kier molecular flexibility index (Phi) is 3.14. The largest absolute Gasteiger partial charge is 0.423 e. The molecule has 0 fully saturated rings. The minimum atomic E-state index is 0.147. The van der Waals surface area contributed by atoms with E-state index in [0.29, 0.717) is 22.8 Å². The van der Waals surface area contributed by atoms with Crippen molar-refractivity contribution in [3.8, 4) is 0 Å². The first kappa shape index (κ1) is 13.0. The van der Waals surface area contributed by atoms with Crippen LogP contribution in [0.15, 0.2) is 28.7 Å². The number of para-hydroxylation sites is 1. The van der Waals surface area contributed by atoms with Crippen molar-refractivity contribution in [2.75, 3.05) is 11.1 Å². The molecule has 0 bridgehead atoms. The van der Waals surface area contributed by atoms with E-state index in [4.69, 9.17) is 10.2 Å². The zero-order valence-electron chi connectivity index (χ0n) is 11.7. The number of aryl methyl sites for hydroxylation is 2. The second-order valence-electron chi connectivity index (χ2n) is 4.95. The summed E-state index contributed by atoms with van der Waals surface area (Å²) in [7, 11) is 0. The molecule has 2 heterocycles. The first-order chi connectivity index (χ1) is 9.54. The summed E-state index contributed by atoms with van der Waals surface area (Å²) in [5, 5.41) is 3.30. The number of nitrogens with zero attached hydrogens (tertiary/aromatic N) is 1. The van der Waals surface area contributed by atoms with Gasteiger partial charge in [-0.2, -0.15) is 4.98 Å². The fourth-order valence-electron chi connectivity index (χ4n) is 2.37. The summed E-state index contributed by atoms with van der Waals surface area (Å²) >= 11 is 1.80. The Morgan fingerprint density at radius 3 is 2.80 bits per heavy atom. The molecule has 3 N–H and O–H groups in total. The number of nitrogen functional groups attached to an aromatic ring is 1. The molecule has 20 heavy (non-hydrogen) atoms. The van der Waals surface area contributed by atoms with Crippen molar-refractivity contribution >= 4 is 34.1 Å². The fourth-order valence-corrected chi connectivity index (χ4v) is 3.40. The van der Waals surface area contributed by atoms with E-state index in [0.717, 1.165) is 0 Å². The van der Waals surface area contributed by atoms with Gasteiger partial charge in [0, 0.05) is 9.75 Å². The van der Waals surface area contributed by atoms with Gasteiger partial charge in [-0.1, -0.05) is 6.07 Å². The van der Waals surface area contributed by atoms with E-state index in [1.165, 1.54) is 15.3 Å². The summed E-state index contributed by atoms with van der Waals surface area (Å²) in [6.45, 7) is 6.36. The smallest absolute Gasteiger partial charge is 0.296 e. The Bertz CT molecular complexity index is 760. The fraction of sp³-hybridized carbons (Fsp3) is 0.267. The maximum atomic E-state index is 5.89. The average Bonchev–Trinajstić information content (AvgIpc) is 2.93. The van der Waals surface area contributed by atoms with Crippen LogP contribution in [0.4, 0.5) is 11.7 Å². The Hall–Kier alpha value is -2.01. The van der Waals surface area contributed by atoms with Crippen molar-refractivity contribution < 1.29 is 4.42 Å². The van der Waals surface area contributed by atoms with Gasteiger partial charge in [0.25, 0.3) is 6.01 Å². The Labute approximate surface area is 121 Å². The molecule has 2 aromatic heterocycles. The maximum absolute atomic E-state index is 5.89. The molecule has 0 saturated carbocycles. The number of nitrogens with one attached hydrogen (secondary N) is 1. The van der Waals surface area contributed by atoms with Crippen LogP contribution in [0.3, 0.4) is 0 Å². The molecule has 0 radical (unpaired) electrons. The number of aromatic nitrogens is 1. The van der Waals surface area contributed by atoms with Gasteiger partial charge in [-0.3, -0.25) is 0 Å². The van der Waals surface area contributed by atoms with Gasteiger partial charge in [0.1, 0.15) is 5.52 Å². The normalized spacial score (nSPS) is 12.8. The topological polar surface area (TPSA) is 64.1 Å². The molecule has 3 rings (SSSR count). The number of benzene rings is 1. The molecular weight excluding hydrogens is 270 g/mol. The lowest BCUT2D eigenvalue weighted by molar-refractivity contribution is 0.604. The summed E-state index contributed by atoms with van der Waals surface area (Å²) in [6.07, 6.45) is 0. The highest BCUT2D eigenvalue weighted by Crippen LogP contribution is 2.30. The van der Waals surface area contributed by atoms with Gasteiger partial charge in [0.15, 0.2) is 5.58 Å². The van der Waals surface area contributed by atoms with Crippen LogP contribution in [-0.4, -0.2) is 4.98 Å². The Morgan fingerprint density at radius 2 is 2.15 bits per heavy atom. The zero-order chi connectivity index (χ0) is 14.3. The molecule has 0 spiro atoms. The molecule has 1 aromatic carbocycles. The second-order valence-corrected chi connectivity index (χ2v) is 6.41. The van der Waals surface area contributed by atoms with Crippen molar-refractivity contribution in [3.05, 3.63) is 39.6 Å². The SMILES string of the molecule is Cc1cc(C(C)Nc2nc3c(N)cccc3o2)c(C)s1. The summed E-state index contributed by atoms with van der Waals surface area (Å²) in [6, 6.07) is 8.42. The monoisotopic (exact) mass is 287 g/mol. The molecule has 0 amide bonds. The van der Waals surface area contributed by atoms with Crippen LogP contribution < -0.4 is 11.1 Å². The average molecular weight is 287 g/mol. The van der Waals surface area contributed by atoms with Gasteiger partial charge < -0.3 is 15.5 Å². The van der Waals surface area contributed by atoms with Crippen molar-refractivity contribution in [2.24, 2.45) is 0 Å². The van der Waals surface area contributed by atoms with E-state index in [1.807, 2.05) is 18.2 Å². The predicted molar refractivity (Wildman–Crippen MR) is 84.3 cm³/mol. The van der Waals surface area contributed by atoms with Gasteiger partial charge in [0.2, 0.25) is 0 Å². The number of rotatable bonds is 3. The van der Waals surface area contributed by atoms with E-state index < -0.39 is 0 Å². The first-order valence-corrected chi connectivity index (χ1v) is 7.34. The van der Waals surface area contributed by atoms with Crippen LogP contribution in [0.25, 0.3) is 11.1 Å². The number of anilines is 2. The van der Waals surface area contributed by atoms with E-state index in [2.05, 4.69) is 37.1 Å². The molecule has 0 aliphatic carbocycles. The molecule has 4 nitrogen and oxygen atoms in total. The van der Waals surface area contributed by atoms with E-state index >= 15 is 0 Å². The van der Waals surface area contributed by atoms with Gasteiger partial charge in [0.05, 0.1) is 11.7 Å². The van der Waals surface area contributed by atoms with Gasteiger partial charge in [-0.15, -0.1) is 11.3 Å². The van der Waals surface area contributed by atoms with Crippen molar-refractivity contribution in [3.63, 3.8) is 0 Å². The highest BCUT2D eigenvalue weighted by Gasteiger charge is 2.14. The molecule has 5 heteroatoms. The minimum Gasteiger partial charge on any atom is -0.423 e. The third-order valence-electron chi connectivity index (χ3n) is 3.34. The standard InChI is InChI=1S/C15H17N3OS/c1-8-7-11(10(3)20-8)9(2)17-15-18-14-12(16)5-4-6-13(14)19-15/h4-7,9H,16H2,1-3H3,(H,17,18). The quantitative estimate of drug-likeness (QED) is 0.706. The summed E-state index contributed by atoms with van der Waals surface area (Å²) in [4.78, 5) is 7.05. The van der Waals surface area contributed by atoms with Crippen LogP contribution >= 0.6 is 11.3 Å². The third-order valence-corrected chi connectivity index (χ3v) is 4.32. The number of fused-ring (bicyclic) bond motifs is 1. The number of hydrogen-bond acceptors (Lipinski definition) is 5. The molecule has 104 valence electrons.